The van der Waals surface area contributed by atoms with Crippen LogP contribution in [0.15, 0.2) is 30.3 Å². The van der Waals surface area contributed by atoms with Gasteiger partial charge in [-0.3, -0.25) is 4.79 Å². The van der Waals surface area contributed by atoms with Crippen molar-refractivity contribution in [2.75, 3.05) is 24.5 Å². The zero-order valence-electron chi connectivity index (χ0n) is 20.4. The number of nitriles is 1. The van der Waals surface area contributed by atoms with Crippen molar-refractivity contribution in [2.45, 2.75) is 39.4 Å². The summed E-state index contributed by atoms with van der Waals surface area (Å²) in [5.41, 5.74) is -1.30. The molecule has 3 aromatic rings. The number of fused-ring (bicyclic) bond motifs is 1. The first-order valence-electron chi connectivity index (χ1n) is 11.8. The summed E-state index contributed by atoms with van der Waals surface area (Å²) in [5, 5.41) is 9.37. The highest BCUT2D eigenvalue weighted by atomic mass is 19.4. The first-order chi connectivity index (χ1) is 17.4. The summed E-state index contributed by atoms with van der Waals surface area (Å²) in [5.74, 6) is -2.20. The van der Waals surface area contributed by atoms with Gasteiger partial charge in [0.1, 0.15) is 5.69 Å². The van der Waals surface area contributed by atoms with E-state index in [2.05, 4.69) is 9.97 Å². The topological polar surface area (TPSA) is 73.1 Å². The maximum atomic E-state index is 14.0. The second kappa shape index (κ2) is 9.92. The van der Waals surface area contributed by atoms with Crippen molar-refractivity contribution < 1.29 is 26.7 Å². The molecule has 1 fully saturated rings. The fourth-order valence-electron chi connectivity index (χ4n) is 4.60. The molecule has 1 aliphatic heterocycles. The van der Waals surface area contributed by atoms with Gasteiger partial charge in [0.25, 0.3) is 0 Å². The molecule has 37 heavy (non-hydrogen) atoms. The number of hydrogen-bond acceptors (Lipinski definition) is 5. The van der Waals surface area contributed by atoms with Gasteiger partial charge < -0.3 is 9.80 Å². The van der Waals surface area contributed by atoms with E-state index in [1.165, 1.54) is 6.07 Å². The predicted octanol–water partition coefficient (Wildman–Crippen LogP) is 5.55. The quantitative estimate of drug-likeness (QED) is 0.415. The van der Waals surface area contributed by atoms with Crippen LogP contribution in [0.2, 0.25) is 0 Å². The summed E-state index contributed by atoms with van der Waals surface area (Å²) in [7, 11) is 0. The lowest BCUT2D eigenvalue weighted by atomic mass is 10.0. The van der Waals surface area contributed by atoms with Crippen LogP contribution in [0.3, 0.4) is 0 Å². The van der Waals surface area contributed by atoms with Crippen molar-refractivity contribution >= 4 is 22.8 Å². The zero-order valence-corrected chi connectivity index (χ0v) is 20.4. The summed E-state index contributed by atoms with van der Waals surface area (Å²) in [6, 6.07) is 6.25. The number of likely N-dealkylation sites (N-methyl/N-ethyl adjacent to an activating group) is 1. The third kappa shape index (κ3) is 5.05. The lowest BCUT2D eigenvalue weighted by Crippen LogP contribution is -2.43. The van der Waals surface area contributed by atoms with E-state index in [0.29, 0.717) is 26.1 Å². The van der Waals surface area contributed by atoms with Crippen molar-refractivity contribution in [3.05, 3.63) is 53.1 Å². The van der Waals surface area contributed by atoms with Gasteiger partial charge in [-0.1, -0.05) is 19.9 Å². The van der Waals surface area contributed by atoms with Gasteiger partial charge in [-0.2, -0.15) is 18.4 Å². The highest BCUT2D eigenvalue weighted by Crippen LogP contribution is 2.37. The first kappa shape index (κ1) is 26.3. The Balaban J connectivity index is 1.84. The highest BCUT2D eigenvalue weighted by Gasteiger charge is 2.35. The molecule has 1 aliphatic rings. The number of halogens is 5. The normalized spacial score (nSPS) is 15.9. The van der Waals surface area contributed by atoms with Crippen LogP contribution in [0.1, 0.15) is 38.3 Å². The number of rotatable bonds is 5. The average Bonchev–Trinajstić information content (AvgIpc) is 3.33. The largest absolute Gasteiger partial charge is 0.417 e. The molecule has 2 aromatic carbocycles. The van der Waals surface area contributed by atoms with Gasteiger partial charge in [-0.25, -0.2) is 18.7 Å². The molecule has 1 amide bonds. The summed E-state index contributed by atoms with van der Waals surface area (Å²) in [6.45, 7) is 6.84. The molecule has 11 heteroatoms. The molecule has 0 aliphatic carbocycles. The summed E-state index contributed by atoms with van der Waals surface area (Å²) < 4.78 is 68.0. The second-order valence-electron chi connectivity index (χ2n) is 9.19. The van der Waals surface area contributed by atoms with Crippen molar-refractivity contribution in [3.63, 3.8) is 0 Å². The maximum absolute atomic E-state index is 14.0. The van der Waals surface area contributed by atoms with Crippen molar-refractivity contribution in [3.8, 4) is 17.3 Å². The van der Waals surface area contributed by atoms with Crippen LogP contribution in [0, 0.1) is 28.9 Å². The van der Waals surface area contributed by atoms with Gasteiger partial charge >= 0.3 is 6.18 Å². The molecule has 0 radical (unpaired) electrons. The zero-order chi connectivity index (χ0) is 27.1. The lowest BCUT2D eigenvalue weighted by molar-refractivity contribution is -0.138. The molecule has 2 heterocycles. The number of benzene rings is 2. The Kier molecular flexibility index (Phi) is 7.04. The molecule has 0 unspecified atom stereocenters. The van der Waals surface area contributed by atoms with Crippen LogP contribution in [-0.4, -0.2) is 46.5 Å². The van der Waals surface area contributed by atoms with Crippen molar-refractivity contribution in [1.82, 2.24) is 14.9 Å². The third-order valence-corrected chi connectivity index (χ3v) is 6.43. The molecule has 0 spiro atoms. The molecule has 0 bridgehead atoms. The molecule has 194 valence electrons. The number of alkyl halides is 3. The Labute approximate surface area is 210 Å². The molecular weight excluding hydrogens is 493 g/mol. The molecule has 1 aromatic heterocycles. The number of carbonyl (C=O) groups is 1. The number of hydrogen-bond donors (Lipinski definition) is 0. The van der Waals surface area contributed by atoms with Crippen molar-refractivity contribution in [2.24, 2.45) is 5.92 Å². The molecule has 1 saturated heterocycles. The molecule has 1 atom stereocenters. The van der Waals surface area contributed by atoms with E-state index in [-0.39, 0.29) is 46.0 Å². The maximum Gasteiger partial charge on any atom is 0.417 e. The van der Waals surface area contributed by atoms with Gasteiger partial charge in [0.05, 0.1) is 34.3 Å². The number of aromatic nitrogens is 2. The second-order valence-corrected chi connectivity index (χ2v) is 9.19. The van der Waals surface area contributed by atoms with Crippen LogP contribution in [0.4, 0.5) is 27.8 Å². The molecule has 0 saturated carbocycles. The summed E-state index contributed by atoms with van der Waals surface area (Å²) in [6.07, 6.45) is -4.11. The molecule has 4 rings (SSSR count). The molecular formula is C26H24F5N5O. The van der Waals surface area contributed by atoms with Gasteiger partial charge in [0.15, 0.2) is 17.5 Å². The van der Waals surface area contributed by atoms with Crippen LogP contribution in [0.25, 0.3) is 22.3 Å². The van der Waals surface area contributed by atoms with Crippen molar-refractivity contribution in [1.29, 1.82) is 5.26 Å². The van der Waals surface area contributed by atoms with Crippen LogP contribution in [-0.2, 0) is 11.0 Å². The minimum atomic E-state index is -4.73. The number of carbonyl (C=O) groups excluding carboxylic acids is 1. The van der Waals surface area contributed by atoms with Crippen LogP contribution >= 0.6 is 0 Å². The first-order valence-corrected chi connectivity index (χ1v) is 11.8. The van der Waals surface area contributed by atoms with E-state index in [1.54, 1.807) is 11.0 Å². The van der Waals surface area contributed by atoms with E-state index < -0.39 is 28.9 Å². The Morgan fingerprint density at radius 2 is 1.81 bits per heavy atom. The summed E-state index contributed by atoms with van der Waals surface area (Å²) in [4.78, 5) is 25.2. The van der Waals surface area contributed by atoms with Crippen LogP contribution in [0.5, 0.6) is 0 Å². The smallest absolute Gasteiger partial charge is 0.353 e. The molecule has 6 nitrogen and oxygen atoms in total. The standard InChI is InChI=1S/C26H24F5N5O/c1-4-36(25(37)14(2)3)17-7-8-35(13-17)24-23(33-21-10-19(27)20(28)11-22(21)34-24)15-5-6-18(26(29,30)31)16(9-15)12-32/h5-6,9-11,14,17H,4,7-8,13H2,1-3H3/t17-/m0/s1. The van der Waals surface area contributed by atoms with E-state index in [9.17, 15) is 32.0 Å². The Bertz CT molecular complexity index is 1400. The number of nitrogens with zero attached hydrogens (tertiary/aromatic N) is 5. The van der Waals surface area contributed by atoms with E-state index in [0.717, 1.165) is 24.3 Å². The Morgan fingerprint density at radius 1 is 1.16 bits per heavy atom. The third-order valence-electron chi connectivity index (χ3n) is 6.43. The molecule has 0 N–H and O–H groups in total. The van der Waals surface area contributed by atoms with E-state index in [4.69, 9.17) is 0 Å². The number of amides is 1. The Hall–Kier alpha value is -3.81. The minimum Gasteiger partial charge on any atom is -0.353 e. The lowest BCUT2D eigenvalue weighted by Gasteiger charge is -2.30. The minimum absolute atomic E-state index is 0.00174. The summed E-state index contributed by atoms with van der Waals surface area (Å²) >= 11 is 0. The van der Waals surface area contributed by atoms with Crippen LogP contribution < -0.4 is 4.90 Å². The van der Waals surface area contributed by atoms with Gasteiger partial charge in [-0.15, -0.1) is 0 Å². The van der Waals surface area contributed by atoms with Gasteiger partial charge in [0.2, 0.25) is 5.91 Å². The van der Waals surface area contributed by atoms with E-state index in [1.807, 2.05) is 25.7 Å². The number of anilines is 1. The fourth-order valence-corrected chi connectivity index (χ4v) is 4.60. The fraction of sp³-hybridized carbons (Fsp3) is 0.385. The Morgan fingerprint density at radius 3 is 2.38 bits per heavy atom. The van der Waals surface area contributed by atoms with Gasteiger partial charge in [0, 0.05) is 43.2 Å². The monoisotopic (exact) mass is 517 g/mol. The highest BCUT2D eigenvalue weighted by molar-refractivity contribution is 5.84. The van der Waals surface area contributed by atoms with E-state index >= 15 is 0 Å². The SMILES string of the molecule is CCN(C(=O)C(C)C)[C@H]1CCN(c2nc3cc(F)c(F)cc3nc2-c2ccc(C(F)(F)F)c(C#N)c2)C1. The van der Waals surface area contributed by atoms with Gasteiger partial charge in [-0.05, 0) is 25.5 Å². The predicted molar refractivity (Wildman–Crippen MR) is 127 cm³/mol. The average molecular weight is 518 g/mol.